The fraction of sp³-hybridized carbons (Fsp3) is 0.0588. The summed E-state index contributed by atoms with van der Waals surface area (Å²) < 4.78 is 5.16. The van der Waals surface area contributed by atoms with Gasteiger partial charge in [0.25, 0.3) is 5.91 Å². The predicted molar refractivity (Wildman–Crippen MR) is 87.5 cm³/mol. The molecule has 0 heterocycles. The van der Waals surface area contributed by atoms with Gasteiger partial charge in [-0.2, -0.15) is 0 Å². The number of carboxylic acids is 1. The first kappa shape index (κ1) is 16.6. The normalized spacial score (nSPS) is 11.0. The van der Waals surface area contributed by atoms with Gasteiger partial charge >= 0.3 is 5.97 Å². The fourth-order valence-electron chi connectivity index (χ4n) is 1.93. The number of hydrogen-bond donors (Lipinski definition) is 2. The van der Waals surface area contributed by atoms with Gasteiger partial charge in [-0.3, -0.25) is 4.79 Å². The Morgan fingerprint density at radius 3 is 2.43 bits per heavy atom. The minimum atomic E-state index is -1.27. The molecule has 0 fully saturated rings. The number of methoxy groups -OCH3 is 1. The van der Waals surface area contributed by atoms with Crippen LogP contribution >= 0.6 is 11.6 Å². The molecule has 0 atom stereocenters. The van der Waals surface area contributed by atoms with Gasteiger partial charge < -0.3 is 15.2 Å². The van der Waals surface area contributed by atoms with Crippen LogP contribution < -0.4 is 10.1 Å². The van der Waals surface area contributed by atoms with E-state index in [9.17, 15) is 14.7 Å². The number of carboxylic acid groups (broad SMARTS) is 1. The zero-order chi connectivity index (χ0) is 16.8. The van der Waals surface area contributed by atoms with Crippen LogP contribution in [-0.4, -0.2) is 24.1 Å². The molecule has 23 heavy (non-hydrogen) atoms. The maximum absolute atomic E-state index is 12.2. The maximum Gasteiger partial charge on any atom is 0.352 e. The van der Waals surface area contributed by atoms with Gasteiger partial charge in [0, 0.05) is 5.56 Å². The van der Waals surface area contributed by atoms with E-state index in [1.807, 2.05) is 0 Å². The van der Waals surface area contributed by atoms with Crippen molar-refractivity contribution in [3.8, 4) is 5.75 Å². The first-order valence-corrected chi connectivity index (χ1v) is 7.04. The second-order valence-corrected chi connectivity index (χ2v) is 4.95. The summed E-state index contributed by atoms with van der Waals surface area (Å²) in [6.07, 6.45) is 1.33. The van der Waals surface area contributed by atoms with Crippen LogP contribution in [-0.2, 0) is 4.79 Å². The number of rotatable bonds is 5. The van der Waals surface area contributed by atoms with E-state index >= 15 is 0 Å². The predicted octanol–water partition coefficient (Wildman–Crippen LogP) is 3.20. The molecule has 0 radical (unpaired) electrons. The Morgan fingerprint density at radius 2 is 1.78 bits per heavy atom. The van der Waals surface area contributed by atoms with Crippen LogP contribution in [0.5, 0.6) is 5.75 Å². The van der Waals surface area contributed by atoms with Gasteiger partial charge in [0.2, 0.25) is 0 Å². The Labute approximate surface area is 138 Å². The molecule has 2 aromatic carbocycles. The number of hydrogen-bond acceptors (Lipinski definition) is 3. The van der Waals surface area contributed by atoms with Crippen LogP contribution in [0.1, 0.15) is 15.9 Å². The summed E-state index contributed by atoms with van der Waals surface area (Å²) >= 11 is 5.94. The number of amides is 1. The van der Waals surface area contributed by atoms with Gasteiger partial charge in [0.05, 0.1) is 17.7 Å². The lowest BCUT2D eigenvalue weighted by Crippen LogP contribution is -2.27. The van der Waals surface area contributed by atoms with Crippen LogP contribution in [0.15, 0.2) is 54.2 Å². The molecule has 0 aliphatic rings. The van der Waals surface area contributed by atoms with Gasteiger partial charge in [-0.25, -0.2) is 4.79 Å². The summed E-state index contributed by atoms with van der Waals surface area (Å²) in [4.78, 5) is 23.6. The van der Waals surface area contributed by atoms with E-state index in [0.717, 1.165) is 0 Å². The highest BCUT2D eigenvalue weighted by Gasteiger charge is 2.16. The van der Waals surface area contributed by atoms with Crippen molar-refractivity contribution in [3.05, 3.63) is 70.4 Å². The highest BCUT2D eigenvalue weighted by Crippen LogP contribution is 2.20. The minimum absolute atomic E-state index is 0.196. The third-order valence-electron chi connectivity index (χ3n) is 3.04. The van der Waals surface area contributed by atoms with Crippen LogP contribution in [0.2, 0.25) is 5.02 Å². The monoisotopic (exact) mass is 331 g/mol. The Morgan fingerprint density at radius 1 is 1.13 bits per heavy atom. The molecule has 118 valence electrons. The van der Waals surface area contributed by atoms with Crippen molar-refractivity contribution in [2.24, 2.45) is 0 Å². The Hall–Kier alpha value is -2.79. The van der Waals surface area contributed by atoms with Crippen LogP contribution in [0.25, 0.3) is 6.08 Å². The average molecular weight is 332 g/mol. The van der Waals surface area contributed by atoms with Crippen LogP contribution in [0.3, 0.4) is 0 Å². The Kier molecular flexibility index (Phi) is 5.38. The van der Waals surface area contributed by atoms with E-state index in [2.05, 4.69) is 5.32 Å². The molecule has 2 rings (SSSR count). The number of ether oxygens (including phenoxy) is 1. The molecule has 0 aliphatic carbocycles. The third kappa shape index (κ3) is 4.11. The van der Waals surface area contributed by atoms with Crippen molar-refractivity contribution >= 4 is 29.6 Å². The van der Waals surface area contributed by atoms with Crippen LogP contribution in [0.4, 0.5) is 0 Å². The van der Waals surface area contributed by atoms with Gasteiger partial charge in [-0.05, 0) is 24.3 Å². The Balaban J connectivity index is 2.33. The molecule has 2 N–H and O–H groups in total. The molecule has 0 saturated heterocycles. The highest BCUT2D eigenvalue weighted by atomic mass is 35.5. The molecule has 2 aromatic rings. The van der Waals surface area contributed by atoms with Gasteiger partial charge in [0.1, 0.15) is 11.4 Å². The van der Waals surface area contributed by atoms with E-state index in [1.165, 1.54) is 19.3 Å². The molecule has 0 aliphatic heterocycles. The number of aliphatic carboxylic acids is 1. The smallest absolute Gasteiger partial charge is 0.352 e. The first-order chi connectivity index (χ1) is 11.0. The molecule has 0 aromatic heterocycles. The standard InChI is InChI=1S/C17H14ClNO4/c1-23-15-9-5-2-6-11(15)10-14(17(21)22)19-16(20)12-7-3-4-8-13(12)18/h2-10H,1H3,(H,19,20)(H,21,22)/b14-10+. The SMILES string of the molecule is COc1ccccc1/C=C(/NC(=O)c1ccccc1Cl)C(=O)O. The van der Waals surface area contributed by atoms with E-state index in [0.29, 0.717) is 11.3 Å². The molecule has 1 amide bonds. The first-order valence-electron chi connectivity index (χ1n) is 6.67. The second kappa shape index (κ2) is 7.47. The number of halogens is 1. The van der Waals surface area contributed by atoms with E-state index < -0.39 is 11.9 Å². The largest absolute Gasteiger partial charge is 0.496 e. The second-order valence-electron chi connectivity index (χ2n) is 4.54. The number of carbonyl (C=O) groups is 2. The lowest BCUT2D eigenvalue weighted by atomic mass is 10.1. The van der Waals surface area contributed by atoms with E-state index in [-0.39, 0.29) is 16.3 Å². The van der Waals surface area contributed by atoms with Crippen molar-refractivity contribution in [3.63, 3.8) is 0 Å². The summed E-state index contributed by atoms with van der Waals surface area (Å²) in [5.74, 6) is -1.37. The van der Waals surface area contributed by atoms with Crippen molar-refractivity contribution in [2.75, 3.05) is 7.11 Å². The molecular weight excluding hydrogens is 318 g/mol. The molecule has 0 unspecified atom stereocenters. The lowest BCUT2D eigenvalue weighted by Gasteiger charge is -2.09. The molecule has 0 saturated carbocycles. The lowest BCUT2D eigenvalue weighted by molar-refractivity contribution is -0.132. The molecule has 0 spiro atoms. The van der Waals surface area contributed by atoms with Gasteiger partial charge in [0.15, 0.2) is 0 Å². The van der Waals surface area contributed by atoms with Gasteiger partial charge in [-0.1, -0.05) is 41.9 Å². The fourth-order valence-corrected chi connectivity index (χ4v) is 2.15. The zero-order valence-electron chi connectivity index (χ0n) is 12.2. The Bertz CT molecular complexity index is 771. The number of benzene rings is 2. The zero-order valence-corrected chi connectivity index (χ0v) is 13.0. The molecule has 0 bridgehead atoms. The van der Waals surface area contributed by atoms with Crippen LogP contribution in [0, 0.1) is 0 Å². The quantitative estimate of drug-likeness (QED) is 0.825. The van der Waals surface area contributed by atoms with Gasteiger partial charge in [-0.15, -0.1) is 0 Å². The van der Waals surface area contributed by atoms with Crippen molar-refractivity contribution < 1.29 is 19.4 Å². The number of nitrogens with one attached hydrogen (secondary N) is 1. The molecule has 5 nitrogen and oxygen atoms in total. The van der Waals surface area contributed by atoms with E-state index in [4.69, 9.17) is 16.3 Å². The summed E-state index contributed by atoms with van der Waals surface area (Å²) in [7, 11) is 1.48. The summed E-state index contributed by atoms with van der Waals surface area (Å²) in [6.45, 7) is 0. The maximum atomic E-state index is 12.2. The summed E-state index contributed by atoms with van der Waals surface area (Å²) in [5, 5.41) is 11.9. The number of para-hydroxylation sites is 1. The topological polar surface area (TPSA) is 75.6 Å². The van der Waals surface area contributed by atoms with Crippen molar-refractivity contribution in [1.82, 2.24) is 5.32 Å². The molecule has 6 heteroatoms. The third-order valence-corrected chi connectivity index (χ3v) is 3.37. The average Bonchev–Trinajstić information content (AvgIpc) is 2.54. The highest BCUT2D eigenvalue weighted by molar-refractivity contribution is 6.34. The minimum Gasteiger partial charge on any atom is -0.496 e. The summed E-state index contributed by atoms with van der Waals surface area (Å²) in [6, 6.07) is 13.3. The number of carbonyl (C=O) groups excluding carboxylic acids is 1. The van der Waals surface area contributed by atoms with Crippen molar-refractivity contribution in [2.45, 2.75) is 0 Å². The van der Waals surface area contributed by atoms with E-state index in [1.54, 1.807) is 42.5 Å². The summed E-state index contributed by atoms with van der Waals surface area (Å²) in [5.41, 5.74) is 0.452. The molecular formula is C17H14ClNO4. The van der Waals surface area contributed by atoms with Crippen molar-refractivity contribution in [1.29, 1.82) is 0 Å².